The molecule has 0 aromatic heterocycles. The first-order chi connectivity index (χ1) is 13.0. The summed E-state index contributed by atoms with van der Waals surface area (Å²) >= 11 is 5.38. The Morgan fingerprint density at radius 3 is 2.32 bits per heavy atom. The maximum absolute atomic E-state index is 13.0. The normalized spacial score (nSPS) is 16.2. The van der Waals surface area contributed by atoms with Gasteiger partial charge in [-0.1, -0.05) is 23.7 Å². The Kier molecular flexibility index (Phi) is 7.08. The van der Waals surface area contributed by atoms with Crippen molar-refractivity contribution in [1.29, 1.82) is 0 Å². The third-order valence-electron chi connectivity index (χ3n) is 3.87. The number of nitrogens with zero attached hydrogens (tertiary/aromatic N) is 2. The summed E-state index contributed by atoms with van der Waals surface area (Å²) in [5.74, 6) is -0.535. The molecule has 1 aliphatic heterocycles. The first-order valence-electron chi connectivity index (χ1n) is 8.69. The fourth-order valence-corrected chi connectivity index (χ4v) is 4.29. The van der Waals surface area contributed by atoms with Gasteiger partial charge in [-0.3, -0.25) is 4.79 Å². The zero-order valence-corrected chi connectivity index (χ0v) is 17.6. The predicted molar refractivity (Wildman–Crippen MR) is 107 cm³/mol. The van der Waals surface area contributed by atoms with Crippen molar-refractivity contribution in [2.75, 3.05) is 31.5 Å². The molecule has 1 aromatic carbocycles. The fraction of sp³-hybridized carbons (Fsp3) is 0.444. The van der Waals surface area contributed by atoms with Crippen molar-refractivity contribution in [2.45, 2.75) is 31.3 Å². The number of carbonyl (C=O) groups excluding carboxylic acids is 2. The molecule has 0 spiro atoms. The van der Waals surface area contributed by atoms with Crippen LogP contribution in [0.25, 0.3) is 0 Å². The number of piperazine rings is 1. The van der Waals surface area contributed by atoms with Crippen molar-refractivity contribution < 1.29 is 22.7 Å². The number of nitrogens with one attached hydrogen (secondary N) is 1. The number of rotatable bonds is 4. The van der Waals surface area contributed by atoms with Crippen LogP contribution in [0, 0.1) is 0 Å². The minimum absolute atomic E-state index is 0.0166. The molecule has 10 heteroatoms. The molecule has 2 amide bonds. The second-order valence-electron chi connectivity index (χ2n) is 7.15. The second-order valence-corrected chi connectivity index (χ2v) is 9.31. The van der Waals surface area contributed by atoms with Crippen LogP contribution in [0.3, 0.4) is 0 Å². The molecular weight excluding hydrogens is 406 g/mol. The summed E-state index contributed by atoms with van der Waals surface area (Å²) in [4.78, 5) is 25.4. The average molecular weight is 430 g/mol. The molecule has 2 rings (SSSR count). The van der Waals surface area contributed by atoms with E-state index in [4.69, 9.17) is 16.3 Å². The van der Waals surface area contributed by atoms with Gasteiger partial charge in [0.1, 0.15) is 10.5 Å². The van der Waals surface area contributed by atoms with Crippen LogP contribution in [0.15, 0.2) is 40.8 Å². The van der Waals surface area contributed by atoms with Crippen molar-refractivity contribution >= 4 is 39.3 Å². The molecule has 8 nitrogen and oxygen atoms in total. The summed E-state index contributed by atoms with van der Waals surface area (Å²) in [7, 11) is -3.85. The highest BCUT2D eigenvalue weighted by Gasteiger charge is 2.33. The fourth-order valence-electron chi connectivity index (χ4n) is 2.60. The Morgan fingerprint density at radius 1 is 1.14 bits per heavy atom. The molecular formula is C18H24ClN3O5S. The molecule has 1 aliphatic rings. The zero-order chi connectivity index (χ0) is 20.9. The van der Waals surface area contributed by atoms with Gasteiger partial charge in [-0.15, -0.1) is 0 Å². The van der Waals surface area contributed by atoms with Gasteiger partial charge in [-0.05, 0) is 32.9 Å². The first kappa shape index (κ1) is 22.2. The van der Waals surface area contributed by atoms with Gasteiger partial charge in [-0.25, -0.2) is 13.2 Å². The number of hydrogen-bond acceptors (Lipinski definition) is 5. The van der Waals surface area contributed by atoms with Gasteiger partial charge in [0.25, 0.3) is 0 Å². The van der Waals surface area contributed by atoms with Crippen molar-refractivity contribution in [3.05, 3.63) is 35.9 Å². The number of ether oxygens (including phenoxy) is 1. The van der Waals surface area contributed by atoms with E-state index < -0.39 is 27.6 Å². The summed E-state index contributed by atoms with van der Waals surface area (Å²) in [6, 6.07) is 6.13. The topological polar surface area (TPSA) is 96.0 Å². The molecule has 0 bridgehead atoms. The zero-order valence-electron chi connectivity index (χ0n) is 16.0. The van der Waals surface area contributed by atoms with E-state index in [2.05, 4.69) is 5.32 Å². The smallest absolute Gasteiger partial charge is 0.410 e. The van der Waals surface area contributed by atoms with Gasteiger partial charge in [0, 0.05) is 37.8 Å². The van der Waals surface area contributed by atoms with Crippen molar-refractivity contribution in [3.63, 3.8) is 0 Å². The van der Waals surface area contributed by atoms with Crippen LogP contribution in [0.1, 0.15) is 20.8 Å². The molecule has 28 heavy (non-hydrogen) atoms. The number of anilines is 1. The number of amides is 2. The number of hydrogen-bond donors (Lipinski definition) is 1. The van der Waals surface area contributed by atoms with Gasteiger partial charge >= 0.3 is 6.09 Å². The summed E-state index contributed by atoms with van der Waals surface area (Å²) in [6.07, 6.45) is 0.620. The van der Waals surface area contributed by atoms with E-state index in [1.54, 1.807) is 32.9 Å². The van der Waals surface area contributed by atoms with Gasteiger partial charge in [0.2, 0.25) is 15.9 Å². The van der Waals surface area contributed by atoms with Crippen LogP contribution in [0.2, 0.25) is 0 Å². The van der Waals surface area contributed by atoms with Gasteiger partial charge in [0.05, 0.1) is 5.69 Å². The standard InChI is InChI=1S/C18H24ClN3O5S/c1-18(2,3)27-17(24)21-10-12-22(13-11-21)28(25,26)15-7-5-4-6-14(15)20-16(23)8-9-19/h4-9H,10-13H2,1-3H3,(H,20,23)/b9-8-. The van der Waals surface area contributed by atoms with Crippen LogP contribution >= 0.6 is 11.6 Å². The summed E-state index contributed by atoms with van der Waals surface area (Å²) in [5.41, 5.74) is 0.592. The Balaban J connectivity index is 2.13. The first-order valence-corrected chi connectivity index (χ1v) is 10.6. The Bertz CT molecular complexity index is 856. The van der Waals surface area contributed by atoms with E-state index >= 15 is 0 Å². The highest BCUT2D eigenvalue weighted by Crippen LogP contribution is 2.25. The van der Waals surface area contributed by atoms with Crippen LogP contribution in [-0.2, 0) is 19.6 Å². The van der Waals surface area contributed by atoms with E-state index in [0.29, 0.717) is 0 Å². The molecule has 0 unspecified atom stereocenters. The van der Waals surface area contributed by atoms with Gasteiger partial charge in [-0.2, -0.15) is 4.31 Å². The predicted octanol–water partition coefficient (Wildman–Crippen LogP) is 2.62. The summed E-state index contributed by atoms with van der Waals surface area (Å²) in [5, 5.41) is 2.51. The van der Waals surface area contributed by atoms with E-state index in [0.717, 1.165) is 11.6 Å². The largest absolute Gasteiger partial charge is 0.444 e. The SMILES string of the molecule is CC(C)(C)OC(=O)N1CCN(S(=O)(=O)c2ccccc2NC(=O)/C=C\Cl)CC1. The third kappa shape index (κ3) is 5.70. The minimum atomic E-state index is -3.85. The Labute approximate surface area is 170 Å². The van der Waals surface area contributed by atoms with Gasteiger partial charge in [0.15, 0.2) is 0 Å². The highest BCUT2D eigenvalue weighted by atomic mass is 35.5. The summed E-state index contributed by atoms with van der Waals surface area (Å²) in [6.45, 7) is 6.02. The number of para-hydroxylation sites is 1. The molecule has 1 saturated heterocycles. The maximum atomic E-state index is 13.0. The number of benzene rings is 1. The number of halogens is 1. The second kappa shape index (κ2) is 8.93. The molecule has 154 valence electrons. The van der Waals surface area contributed by atoms with Crippen LogP contribution in [-0.4, -0.2) is 61.4 Å². The van der Waals surface area contributed by atoms with E-state index in [1.165, 1.54) is 21.3 Å². The third-order valence-corrected chi connectivity index (χ3v) is 5.95. The van der Waals surface area contributed by atoms with E-state index in [9.17, 15) is 18.0 Å². The average Bonchev–Trinajstić information content (AvgIpc) is 2.61. The lowest BCUT2D eigenvalue weighted by atomic mass is 10.2. The Hall–Kier alpha value is -2.10. The molecule has 1 heterocycles. The lowest BCUT2D eigenvalue weighted by Crippen LogP contribution is -2.51. The van der Waals surface area contributed by atoms with Crippen molar-refractivity contribution in [3.8, 4) is 0 Å². The minimum Gasteiger partial charge on any atom is -0.444 e. The molecule has 0 radical (unpaired) electrons. The van der Waals surface area contributed by atoms with Crippen LogP contribution < -0.4 is 5.32 Å². The lowest BCUT2D eigenvalue weighted by Gasteiger charge is -2.35. The van der Waals surface area contributed by atoms with Gasteiger partial charge < -0.3 is 15.0 Å². The molecule has 0 atom stereocenters. The monoisotopic (exact) mass is 429 g/mol. The molecule has 1 N–H and O–H groups in total. The molecule has 1 aromatic rings. The van der Waals surface area contributed by atoms with E-state index in [1.807, 2.05) is 0 Å². The molecule has 0 saturated carbocycles. The quantitative estimate of drug-likeness (QED) is 0.742. The molecule has 0 aliphatic carbocycles. The van der Waals surface area contributed by atoms with Crippen LogP contribution in [0.5, 0.6) is 0 Å². The van der Waals surface area contributed by atoms with Crippen molar-refractivity contribution in [1.82, 2.24) is 9.21 Å². The maximum Gasteiger partial charge on any atom is 0.410 e. The lowest BCUT2D eigenvalue weighted by molar-refractivity contribution is -0.111. The van der Waals surface area contributed by atoms with E-state index in [-0.39, 0.29) is 36.8 Å². The Morgan fingerprint density at radius 2 is 1.75 bits per heavy atom. The molecule has 1 fully saturated rings. The number of sulfonamides is 1. The summed E-state index contributed by atoms with van der Waals surface area (Å²) < 4.78 is 32.7. The van der Waals surface area contributed by atoms with Crippen LogP contribution in [0.4, 0.5) is 10.5 Å². The van der Waals surface area contributed by atoms with Crippen molar-refractivity contribution in [2.24, 2.45) is 0 Å². The number of carbonyl (C=O) groups is 2. The highest BCUT2D eigenvalue weighted by molar-refractivity contribution is 7.89.